The van der Waals surface area contributed by atoms with Crippen LogP contribution in [0.3, 0.4) is 0 Å². The molecule has 0 unspecified atom stereocenters. The SMILES string of the molecule is O=C(O)COC1CCN(C(=O)[C@H]2CCCCN2)CC1. The maximum absolute atomic E-state index is 12.3. The van der Waals surface area contributed by atoms with E-state index in [0.717, 1.165) is 38.6 Å². The Balaban J connectivity index is 1.72. The Morgan fingerprint density at radius 2 is 1.95 bits per heavy atom. The van der Waals surface area contributed by atoms with Crippen molar-refractivity contribution in [1.29, 1.82) is 0 Å². The van der Waals surface area contributed by atoms with Crippen LogP contribution in [0, 0.1) is 0 Å². The quantitative estimate of drug-likeness (QED) is 0.764. The lowest BCUT2D eigenvalue weighted by atomic mass is 10.0. The highest BCUT2D eigenvalue weighted by atomic mass is 16.5. The summed E-state index contributed by atoms with van der Waals surface area (Å²) >= 11 is 0. The standard InChI is InChI=1S/C13H22N2O4/c16-12(17)9-19-10-4-7-15(8-5-10)13(18)11-3-1-2-6-14-11/h10-11,14H,1-9H2,(H,16,17)/t11-/m1/s1. The predicted molar refractivity (Wildman–Crippen MR) is 68.8 cm³/mol. The summed E-state index contributed by atoms with van der Waals surface area (Å²) in [5.41, 5.74) is 0. The highest BCUT2D eigenvalue weighted by molar-refractivity contribution is 5.82. The molecule has 19 heavy (non-hydrogen) atoms. The number of carboxylic acids is 1. The van der Waals surface area contributed by atoms with E-state index in [1.807, 2.05) is 4.90 Å². The van der Waals surface area contributed by atoms with Crippen LogP contribution < -0.4 is 5.32 Å². The van der Waals surface area contributed by atoms with Crippen molar-refractivity contribution in [3.8, 4) is 0 Å². The molecular formula is C13H22N2O4. The molecule has 0 aromatic heterocycles. The zero-order valence-corrected chi connectivity index (χ0v) is 11.1. The molecule has 2 heterocycles. The summed E-state index contributed by atoms with van der Waals surface area (Å²) in [5, 5.41) is 11.8. The topological polar surface area (TPSA) is 78.9 Å². The van der Waals surface area contributed by atoms with Crippen LogP contribution in [0.5, 0.6) is 0 Å². The molecule has 6 heteroatoms. The number of carboxylic acid groups (broad SMARTS) is 1. The summed E-state index contributed by atoms with van der Waals surface area (Å²) in [5.74, 6) is -0.749. The molecule has 2 N–H and O–H groups in total. The van der Waals surface area contributed by atoms with Gasteiger partial charge < -0.3 is 20.1 Å². The van der Waals surface area contributed by atoms with Crippen LogP contribution in [0.4, 0.5) is 0 Å². The Kier molecular flexibility index (Phi) is 5.15. The number of carbonyl (C=O) groups excluding carboxylic acids is 1. The van der Waals surface area contributed by atoms with E-state index < -0.39 is 5.97 Å². The van der Waals surface area contributed by atoms with E-state index in [4.69, 9.17) is 9.84 Å². The van der Waals surface area contributed by atoms with E-state index in [2.05, 4.69) is 5.32 Å². The van der Waals surface area contributed by atoms with Gasteiger partial charge in [-0.1, -0.05) is 6.42 Å². The molecule has 2 rings (SSSR count). The lowest BCUT2D eigenvalue weighted by Gasteiger charge is -2.35. The first-order valence-corrected chi connectivity index (χ1v) is 7.02. The number of hydrogen-bond donors (Lipinski definition) is 2. The summed E-state index contributed by atoms with van der Waals surface area (Å²) in [6.07, 6.45) is 4.61. The summed E-state index contributed by atoms with van der Waals surface area (Å²) in [6, 6.07) is -0.0229. The van der Waals surface area contributed by atoms with Gasteiger partial charge in [-0.05, 0) is 32.2 Å². The fourth-order valence-electron chi connectivity index (χ4n) is 2.71. The van der Waals surface area contributed by atoms with Crippen molar-refractivity contribution in [3.63, 3.8) is 0 Å². The van der Waals surface area contributed by atoms with Gasteiger partial charge >= 0.3 is 5.97 Å². The zero-order chi connectivity index (χ0) is 13.7. The van der Waals surface area contributed by atoms with Gasteiger partial charge in [0.05, 0.1) is 12.1 Å². The minimum absolute atomic E-state index is 0.0229. The Morgan fingerprint density at radius 1 is 1.21 bits per heavy atom. The molecule has 2 saturated heterocycles. The van der Waals surface area contributed by atoms with Gasteiger partial charge in [-0.15, -0.1) is 0 Å². The van der Waals surface area contributed by atoms with E-state index >= 15 is 0 Å². The molecule has 0 saturated carbocycles. The lowest BCUT2D eigenvalue weighted by molar-refractivity contribution is -0.147. The number of piperidine rings is 2. The molecule has 1 atom stereocenters. The zero-order valence-electron chi connectivity index (χ0n) is 11.1. The molecule has 0 aromatic carbocycles. The Morgan fingerprint density at radius 3 is 2.53 bits per heavy atom. The van der Waals surface area contributed by atoms with Crippen LogP contribution in [0.15, 0.2) is 0 Å². The van der Waals surface area contributed by atoms with Crippen LogP contribution >= 0.6 is 0 Å². The van der Waals surface area contributed by atoms with Crippen molar-refractivity contribution in [2.24, 2.45) is 0 Å². The average molecular weight is 270 g/mol. The number of carbonyl (C=O) groups is 2. The van der Waals surface area contributed by atoms with Crippen LogP contribution in [0.1, 0.15) is 32.1 Å². The van der Waals surface area contributed by atoms with Crippen LogP contribution in [-0.2, 0) is 14.3 Å². The number of nitrogens with one attached hydrogen (secondary N) is 1. The number of ether oxygens (including phenoxy) is 1. The highest BCUT2D eigenvalue weighted by Gasteiger charge is 2.29. The molecule has 1 amide bonds. The minimum atomic E-state index is -0.940. The lowest BCUT2D eigenvalue weighted by Crippen LogP contribution is -2.51. The summed E-state index contributed by atoms with van der Waals surface area (Å²) in [4.78, 5) is 24.6. The van der Waals surface area contributed by atoms with Gasteiger partial charge in [-0.25, -0.2) is 4.79 Å². The van der Waals surface area contributed by atoms with E-state index in [9.17, 15) is 9.59 Å². The highest BCUT2D eigenvalue weighted by Crippen LogP contribution is 2.17. The number of aliphatic carboxylic acids is 1. The molecule has 2 aliphatic rings. The monoisotopic (exact) mass is 270 g/mol. The van der Waals surface area contributed by atoms with Gasteiger partial charge in [0.2, 0.25) is 5.91 Å². The second-order valence-electron chi connectivity index (χ2n) is 5.23. The van der Waals surface area contributed by atoms with Crippen LogP contribution in [0.2, 0.25) is 0 Å². The van der Waals surface area contributed by atoms with E-state index in [1.165, 1.54) is 0 Å². The molecule has 0 spiro atoms. The first-order valence-electron chi connectivity index (χ1n) is 7.02. The van der Waals surface area contributed by atoms with Crippen molar-refractivity contribution in [3.05, 3.63) is 0 Å². The van der Waals surface area contributed by atoms with Crippen molar-refractivity contribution in [1.82, 2.24) is 10.2 Å². The van der Waals surface area contributed by atoms with Crippen molar-refractivity contribution in [2.45, 2.75) is 44.2 Å². The molecular weight excluding hydrogens is 248 g/mol. The van der Waals surface area contributed by atoms with Crippen molar-refractivity contribution >= 4 is 11.9 Å². The number of nitrogens with zero attached hydrogens (tertiary/aromatic N) is 1. The van der Waals surface area contributed by atoms with Gasteiger partial charge in [-0.2, -0.15) is 0 Å². The third-order valence-corrected chi connectivity index (χ3v) is 3.80. The second kappa shape index (κ2) is 6.86. The maximum atomic E-state index is 12.3. The van der Waals surface area contributed by atoms with E-state index in [1.54, 1.807) is 0 Å². The fourth-order valence-corrected chi connectivity index (χ4v) is 2.71. The maximum Gasteiger partial charge on any atom is 0.329 e. The third kappa shape index (κ3) is 4.18. The minimum Gasteiger partial charge on any atom is -0.480 e. The van der Waals surface area contributed by atoms with Crippen molar-refractivity contribution in [2.75, 3.05) is 26.2 Å². The number of hydrogen-bond acceptors (Lipinski definition) is 4. The molecule has 2 fully saturated rings. The Bertz CT molecular complexity index is 321. The second-order valence-corrected chi connectivity index (χ2v) is 5.23. The van der Waals surface area contributed by atoms with Gasteiger partial charge in [0.1, 0.15) is 6.61 Å². The molecule has 0 radical (unpaired) electrons. The van der Waals surface area contributed by atoms with Crippen LogP contribution in [0.25, 0.3) is 0 Å². The van der Waals surface area contributed by atoms with Crippen LogP contribution in [-0.4, -0.2) is 60.3 Å². The molecule has 0 aliphatic carbocycles. The fraction of sp³-hybridized carbons (Fsp3) is 0.846. The number of likely N-dealkylation sites (tertiary alicyclic amines) is 1. The first-order chi connectivity index (χ1) is 9.16. The van der Waals surface area contributed by atoms with Gasteiger partial charge in [0, 0.05) is 13.1 Å². The number of rotatable bonds is 4. The molecule has 0 aromatic rings. The summed E-state index contributed by atoms with van der Waals surface area (Å²) in [7, 11) is 0. The molecule has 108 valence electrons. The molecule has 0 bridgehead atoms. The predicted octanol–water partition coefficient (Wildman–Crippen LogP) is 0.221. The third-order valence-electron chi connectivity index (χ3n) is 3.80. The normalized spacial score (nSPS) is 25.3. The first kappa shape index (κ1) is 14.3. The number of amides is 1. The van der Waals surface area contributed by atoms with Gasteiger partial charge in [0.15, 0.2) is 0 Å². The summed E-state index contributed by atoms with van der Waals surface area (Å²) in [6.45, 7) is 2.01. The Labute approximate surface area is 113 Å². The molecule has 2 aliphatic heterocycles. The van der Waals surface area contributed by atoms with Gasteiger partial charge in [-0.3, -0.25) is 4.79 Å². The largest absolute Gasteiger partial charge is 0.480 e. The summed E-state index contributed by atoms with van der Waals surface area (Å²) < 4.78 is 5.26. The van der Waals surface area contributed by atoms with E-state index in [0.29, 0.717) is 13.1 Å². The van der Waals surface area contributed by atoms with E-state index in [-0.39, 0.29) is 24.7 Å². The van der Waals surface area contributed by atoms with Gasteiger partial charge in [0.25, 0.3) is 0 Å². The molecule has 6 nitrogen and oxygen atoms in total. The average Bonchev–Trinajstić information content (AvgIpc) is 2.46. The Hall–Kier alpha value is -1.14. The van der Waals surface area contributed by atoms with Crippen molar-refractivity contribution < 1.29 is 19.4 Å². The smallest absolute Gasteiger partial charge is 0.329 e.